The quantitative estimate of drug-likeness (QED) is 0.398. The van der Waals surface area contributed by atoms with Crippen molar-refractivity contribution in [2.24, 2.45) is 0 Å². The minimum absolute atomic E-state index is 0.269. The minimum Gasteiger partial charge on any atom is -0.412 e. The second-order valence-corrected chi connectivity index (χ2v) is 2.73. The number of aromatic nitrogens is 2. The third kappa shape index (κ3) is 1.20. The monoisotopic (exact) mass is 176 g/mol. The zero-order valence-corrected chi connectivity index (χ0v) is 6.73. The van der Waals surface area contributed by atoms with Crippen molar-refractivity contribution in [3.8, 4) is 11.3 Å². The van der Waals surface area contributed by atoms with Crippen LogP contribution in [0.2, 0.25) is 0 Å². The van der Waals surface area contributed by atoms with Crippen molar-refractivity contribution < 1.29 is 5.21 Å². The van der Waals surface area contributed by atoms with Gasteiger partial charge in [-0.1, -0.05) is 0 Å². The van der Waals surface area contributed by atoms with Crippen LogP contribution in [0.5, 0.6) is 0 Å². The number of fused-ring (bicyclic) bond motifs is 1. The van der Waals surface area contributed by atoms with E-state index in [1.54, 1.807) is 18.2 Å². The summed E-state index contributed by atoms with van der Waals surface area (Å²) in [7, 11) is 0. The van der Waals surface area contributed by atoms with Crippen molar-refractivity contribution in [1.82, 2.24) is 9.94 Å². The third-order valence-corrected chi connectivity index (χ3v) is 1.80. The summed E-state index contributed by atoms with van der Waals surface area (Å²) in [5, 5.41) is 20.5. The Balaban J connectivity index is 2.83. The van der Waals surface area contributed by atoms with Crippen LogP contribution in [0.15, 0.2) is 24.4 Å². The number of hydrogen-bond acceptors (Lipinski definition) is 4. The SMILES string of the molecule is N=c1cc2ccn(O)nc-2cc1N. The maximum absolute atomic E-state index is 9.01. The zero-order chi connectivity index (χ0) is 9.42. The van der Waals surface area contributed by atoms with Crippen molar-refractivity contribution in [1.29, 1.82) is 5.41 Å². The van der Waals surface area contributed by atoms with E-state index < -0.39 is 0 Å². The van der Waals surface area contributed by atoms with E-state index in [2.05, 4.69) is 5.10 Å². The molecule has 0 radical (unpaired) electrons. The number of nitrogens with one attached hydrogen (secondary N) is 1. The second kappa shape index (κ2) is 2.48. The molecule has 0 atom stereocenters. The van der Waals surface area contributed by atoms with Crippen molar-refractivity contribution >= 4 is 5.69 Å². The highest BCUT2D eigenvalue weighted by atomic mass is 16.5. The van der Waals surface area contributed by atoms with Gasteiger partial charge in [0.05, 0.1) is 22.9 Å². The summed E-state index contributed by atoms with van der Waals surface area (Å²) < 4.78 is 0. The van der Waals surface area contributed by atoms with Crippen molar-refractivity contribution in [2.75, 3.05) is 5.73 Å². The van der Waals surface area contributed by atoms with Crippen LogP contribution in [0, 0.1) is 5.41 Å². The van der Waals surface area contributed by atoms with Gasteiger partial charge in [0.15, 0.2) is 0 Å². The van der Waals surface area contributed by atoms with E-state index in [4.69, 9.17) is 16.4 Å². The summed E-state index contributed by atoms with van der Waals surface area (Å²) >= 11 is 0. The topological polar surface area (TPSA) is 87.9 Å². The Hall–Kier alpha value is -2.04. The number of nitrogen functional groups attached to an aromatic ring is 1. The molecule has 0 amide bonds. The van der Waals surface area contributed by atoms with Crippen molar-refractivity contribution in [2.45, 2.75) is 0 Å². The molecule has 1 aliphatic heterocycles. The summed E-state index contributed by atoms with van der Waals surface area (Å²) in [5.74, 6) is 0. The van der Waals surface area contributed by atoms with Gasteiger partial charge in [0.1, 0.15) is 0 Å². The number of nitrogens with zero attached hydrogens (tertiary/aromatic N) is 2. The van der Waals surface area contributed by atoms with Crippen LogP contribution in [0.4, 0.5) is 5.69 Å². The molecule has 0 unspecified atom stereocenters. The Morgan fingerprint density at radius 1 is 1.46 bits per heavy atom. The average Bonchev–Trinajstić information content (AvgIpc) is 2.08. The predicted molar refractivity (Wildman–Crippen MR) is 46.3 cm³/mol. The Bertz CT molecular complexity index is 476. The third-order valence-electron chi connectivity index (χ3n) is 1.80. The van der Waals surface area contributed by atoms with Crippen LogP contribution in [0.25, 0.3) is 11.3 Å². The molecule has 0 aromatic carbocycles. The van der Waals surface area contributed by atoms with Crippen LogP contribution in [-0.2, 0) is 0 Å². The summed E-state index contributed by atoms with van der Waals surface area (Å²) in [6, 6.07) is 4.84. The molecule has 4 N–H and O–H groups in total. The number of benzene rings is 1. The van der Waals surface area contributed by atoms with Gasteiger partial charge in [0, 0.05) is 5.56 Å². The molecular formula is C8H8N4O. The molecular weight excluding hydrogens is 168 g/mol. The first kappa shape index (κ1) is 7.60. The maximum Gasteiger partial charge on any atom is 0.0965 e. The number of nitrogens with two attached hydrogens (primary N) is 1. The van der Waals surface area contributed by atoms with Gasteiger partial charge in [0.25, 0.3) is 0 Å². The van der Waals surface area contributed by atoms with E-state index in [-0.39, 0.29) is 5.36 Å². The Morgan fingerprint density at radius 2 is 2.23 bits per heavy atom. The molecule has 5 heteroatoms. The molecule has 0 aromatic heterocycles. The van der Waals surface area contributed by atoms with Gasteiger partial charge in [-0.15, -0.1) is 9.94 Å². The van der Waals surface area contributed by atoms with E-state index in [9.17, 15) is 0 Å². The van der Waals surface area contributed by atoms with Crippen LogP contribution in [-0.4, -0.2) is 15.2 Å². The van der Waals surface area contributed by atoms with E-state index in [0.717, 1.165) is 5.56 Å². The Kier molecular flexibility index (Phi) is 1.45. The molecule has 5 nitrogen and oxygen atoms in total. The lowest BCUT2D eigenvalue weighted by Gasteiger charge is -2.05. The van der Waals surface area contributed by atoms with Gasteiger partial charge in [-0.2, -0.15) is 0 Å². The lowest BCUT2D eigenvalue weighted by Crippen LogP contribution is -2.10. The molecule has 0 fully saturated rings. The molecule has 0 saturated carbocycles. The van der Waals surface area contributed by atoms with Gasteiger partial charge in [-0.3, -0.25) is 5.41 Å². The average molecular weight is 176 g/mol. The maximum atomic E-state index is 9.01. The lowest BCUT2D eigenvalue weighted by molar-refractivity contribution is 0.145. The summed E-state index contributed by atoms with van der Waals surface area (Å²) in [4.78, 5) is 0.714. The molecule has 2 aliphatic rings. The highest BCUT2D eigenvalue weighted by Gasteiger charge is 2.04. The lowest BCUT2D eigenvalue weighted by atomic mass is 10.1. The molecule has 0 aromatic rings. The van der Waals surface area contributed by atoms with E-state index in [1.165, 1.54) is 6.20 Å². The van der Waals surface area contributed by atoms with Crippen LogP contribution in [0.3, 0.4) is 0 Å². The Morgan fingerprint density at radius 3 is 3.00 bits per heavy atom. The van der Waals surface area contributed by atoms with Crippen molar-refractivity contribution in [3.05, 3.63) is 29.8 Å². The minimum atomic E-state index is 0.269. The highest BCUT2D eigenvalue weighted by molar-refractivity contribution is 5.64. The summed E-state index contributed by atoms with van der Waals surface area (Å²) in [6.07, 6.45) is 1.40. The van der Waals surface area contributed by atoms with E-state index >= 15 is 0 Å². The van der Waals surface area contributed by atoms with Gasteiger partial charge < -0.3 is 10.9 Å². The van der Waals surface area contributed by atoms with Crippen LogP contribution < -0.4 is 11.1 Å². The summed E-state index contributed by atoms with van der Waals surface area (Å²) in [5.41, 5.74) is 7.22. The molecule has 0 spiro atoms. The van der Waals surface area contributed by atoms with Gasteiger partial charge >= 0.3 is 0 Å². The highest BCUT2D eigenvalue weighted by Crippen LogP contribution is 2.16. The van der Waals surface area contributed by atoms with E-state index in [0.29, 0.717) is 16.2 Å². The number of rotatable bonds is 0. The molecule has 66 valence electrons. The molecule has 13 heavy (non-hydrogen) atoms. The molecule has 1 aliphatic carbocycles. The second-order valence-electron chi connectivity index (χ2n) is 2.73. The first-order valence-electron chi connectivity index (χ1n) is 3.70. The zero-order valence-electron chi connectivity index (χ0n) is 6.73. The standard InChI is InChI=1S/C8H8N4O/c9-6-3-5-1-2-12(13)11-8(5)4-7(6)10/h1-4,9,13H,10H2. The fourth-order valence-electron chi connectivity index (χ4n) is 1.13. The van der Waals surface area contributed by atoms with Crippen LogP contribution >= 0.6 is 0 Å². The normalized spacial score (nSPS) is 10.5. The first-order valence-corrected chi connectivity index (χ1v) is 3.70. The largest absolute Gasteiger partial charge is 0.412 e. The fraction of sp³-hybridized carbons (Fsp3) is 0. The number of anilines is 1. The first-order chi connectivity index (χ1) is 6.16. The van der Waals surface area contributed by atoms with Crippen molar-refractivity contribution in [3.63, 3.8) is 0 Å². The van der Waals surface area contributed by atoms with Gasteiger partial charge in [0.2, 0.25) is 0 Å². The summed E-state index contributed by atoms with van der Waals surface area (Å²) in [6.45, 7) is 0. The smallest absolute Gasteiger partial charge is 0.0965 e. The molecule has 0 saturated heterocycles. The molecule has 0 bridgehead atoms. The Labute approximate surface area is 73.9 Å². The van der Waals surface area contributed by atoms with Gasteiger partial charge in [-0.05, 0) is 18.2 Å². The van der Waals surface area contributed by atoms with Crippen LogP contribution in [0.1, 0.15) is 0 Å². The molecule has 1 heterocycles. The van der Waals surface area contributed by atoms with E-state index in [1.807, 2.05) is 0 Å². The van der Waals surface area contributed by atoms with Gasteiger partial charge in [-0.25, -0.2) is 0 Å². The predicted octanol–water partition coefficient (Wildman–Crippen LogP) is 0.287. The molecule has 2 rings (SSSR count). The number of hydrogen-bond donors (Lipinski definition) is 3. The fourth-order valence-corrected chi connectivity index (χ4v) is 1.13.